The number of nitrogens with zero attached hydrogens (tertiary/aromatic N) is 1. The maximum Gasteiger partial charge on any atom is 0.319 e. The fraction of sp³-hybridized carbons (Fsp3) is 0.600. The molecular formula is C20H33N5O2. The molecule has 1 saturated heterocycles. The van der Waals surface area contributed by atoms with Crippen molar-refractivity contribution in [1.29, 1.82) is 0 Å². The minimum absolute atomic E-state index is 0.445. The van der Waals surface area contributed by atoms with E-state index in [0.717, 1.165) is 31.9 Å². The molecule has 1 fully saturated rings. The summed E-state index contributed by atoms with van der Waals surface area (Å²) in [5, 5.41) is 8.90. The molecule has 1 aromatic carbocycles. The van der Waals surface area contributed by atoms with E-state index in [1.165, 1.54) is 19.3 Å². The van der Waals surface area contributed by atoms with Crippen LogP contribution in [0, 0.1) is 5.41 Å². The summed E-state index contributed by atoms with van der Waals surface area (Å²) in [5.41, 5.74) is 6.50. The van der Waals surface area contributed by atoms with E-state index >= 15 is 0 Å². The predicted molar refractivity (Wildman–Crippen MR) is 110 cm³/mol. The third kappa shape index (κ3) is 6.75. The number of amides is 3. The summed E-state index contributed by atoms with van der Waals surface area (Å²) in [4.78, 5) is 26.5. The van der Waals surface area contributed by atoms with Crippen LogP contribution in [0.4, 0.5) is 16.2 Å². The van der Waals surface area contributed by atoms with Crippen LogP contribution in [-0.2, 0) is 4.79 Å². The van der Waals surface area contributed by atoms with E-state index < -0.39 is 23.4 Å². The van der Waals surface area contributed by atoms with Gasteiger partial charge in [0.25, 0.3) is 0 Å². The number of carbonyl (C=O) groups excluding carboxylic acids is 2. The molecule has 150 valence electrons. The van der Waals surface area contributed by atoms with Crippen molar-refractivity contribution in [3.05, 3.63) is 24.3 Å². The van der Waals surface area contributed by atoms with Gasteiger partial charge in [0.05, 0.1) is 11.4 Å². The van der Waals surface area contributed by atoms with Gasteiger partial charge in [0.2, 0.25) is 5.91 Å². The molecule has 1 atom stereocenters. The third-order valence-corrected chi connectivity index (χ3v) is 4.79. The van der Waals surface area contributed by atoms with Gasteiger partial charge in [0.15, 0.2) is 0 Å². The van der Waals surface area contributed by atoms with Crippen LogP contribution >= 0.6 is 0 Å². The maximum absolute atomic E-state index is 12.4. The van der Waals surface area contributed by atoms with E-state index in [1.54, 1.807) is 0 Å². The molecule has 1 aromatic rings. The molecule has 7 nitrogen and oxygen atoms in total. The van der Waals surface area contributed by atoms with E-state index in [2.05, 4.69) is 20.9 Å². The largest absolute Gasteiger partial charge is 0.382 e. The first-order chi connectivity index (χ1) is 12.8. The molecule has 0 aromatic heterocycles. The van der Waals surface area contributed by atoms with E-state index in [1.807, 2.05) is 45.0 Å². The summed E-state index contributed by atoms with van der Waals surface area (Å²) >= 11 is 0. The van der Waals surface area contributed by atoms with Gasteiger partial charge in [-0.15, -0.1) is 0 Å². The Kier molecular flexibility index (Phi) is 7.47. The summed E-state index contributed by atoms with van der Waals surface area (Å²) in [6.45, 7) is 9.69. The summed E-state index contributed by atoms with van der Waals surface area (Å²) in [6.07, 6.45) is 3.87. The number of rotatable bonds is 7. The van der Waals surface area contributed by atoms with Crippen LogP contribution in [0.2, 0.25) is 0 Å². The second-order valence-electron chi connectivity index (χ2n) is 8.17. The van der Waals surface area contributed by atoms with Crippen LogP contribution in [0.5, 0.6) is 0 Å². The van der Waals surface area contributed by atoms with Gasteiger partial charge in [-0.1, -0.05) is 39.3 Å². The van der Waals surface area contributed by atoms with E-state index in [9.17, 15) is 9.59 Å². The van der Waals surface area contributed by atoms with Crippen molar-refractivity contribution in [1.82, 2.24) is 10.2 Å². The summed E-state index contributed by atoms with van der Waals surface area (Å²) in [5.74, 6) is -0.550. The quantitative estimate of drug-likeness (QED) is 0.589. The molecule has 5 N–H and O–H groups in total. The number of likely N-dealkylation sites (tertiary alicyclic amines) is 1. The van der Waals surface area contributed by atoms with Crippen molar-refractivity contribution in [2.45, 2.75) is 46.1 Å². The highest BCUT2D eigenvalue weighted by atomic mass is 16.2. The fourth-order valence-electron chi connectivity index (χ4n) is 3.28. The first kappa shape index (κ1) is 21.0. The summed E-state index contributed by atoms with van der Waals surface area (Å²) < 4.78 is 0. The molecule has 1 aliphatic rings. The molecule has 0 unspecified atom stereocenters. The van der Waals surface area contributed by atoms with Gasteiger partial charge in [-0.25, -0.2) is 4.79 Å². The molecule has 0 radical (unpaired) electrons. The van der Waals surface area contributed by atoms with Gasteiger partial charge in [-0.2, -0.15) is 0 Å². The minimum Gasteiger partial charge on any atom is -0.382 e. The van der Waals surface area contributed by atoms with Gasteiger partial charge in [0, 0.05) is 13.1 Å². The Morgan fingerprint density at radius 1 is 1.11 bits per heavy atom. The molecule has 7 heteroatoms. The van der Waals surface area contributed by atoms with Gasteiger partial charge in [-0.05, 0) is 43.5 Å². The van der Waals surface area contributed by atoms with Crippen molar-refractivity contribution in [3.63, 3.8) is 0 Å². The second kappa shape index (κ2) is 9.60. The number of urea groups is 1. The Hall–Kier alpha value is -2.28. The van der Waals surface area contributed by atoms with Crippen molar-refractivity contribution in [3.8, 4) is 0 Å². The Balaban J connectivity index is 1.92. The third-order valence-electron chi connectivity index (χ3n) is 4.79. The zero-order valence-electron chi connectivity index (χ0n) is 16.7. The number of hydrogen-bond donors (Lipinski definition) is 4. The molecule has 0 bridgehead atoms. The first-order valence-electron chi connectivity index (χ1n) is 9.69. The number of piperidine rings is 1. The minimum atomic E-state index is -0.753. The Bertz CT molecular complexity index is 636. The number of anilines is 2. The Labute approximate surface area is 162 Å². The normalized spacial score (nSPS) is 16.4. The highest BCUT2D eigenvalue weighted by Gasteiger charge is 2.31. The second-order valence-corrected chi connectivity index (χ2v) is 8.17. The number of nitrogens with two attached hydrogens (primary N) is 1. The zero-order chi connectivity index (χ0) is 19.9. The monoisotopic (exact) mass is 375 g/mol. The highest BCUT2D eigenvalue weighted by Crippen LogP contribution is 2.22. The van der Waals surface area contributed by atoms with E-state index in [-0.39, 0.29) is 0 Å². The number of nitrogens with one attached hydrogen (secondary N) is 3. The number of benzene rings is 1. The average Bonchev–Trinajstić information content (AvgIpc) is 2.61. The lowest BCUT2D eigenvalue weighted by Crippen LogP contribution is -2.53. The van der Waals surface area contributed by atoms with Crippen LogP contribution < -0.4 is 21.7 Å². The molecule has 0 spiro atoms. The molecule has 1 aliphatic heterocycles. The van der Waals surface area contributed by atoms with Crippen molar-refractivity contribution >= 4 is 23.3 Å². The molecule has 0 saturated carbocycles. The van der Waals surface area contributed by atoms with Gasteiger partial charge in [-0.3, -0.25) is 4.79 Å². The molecule has 2 rings (SSSR count). The summed E-state index contributed by atoms with van der Waals surface area (Å²) in [7, 11) is 0. The topological polar surface area (TPSA) is 99.5 Å². The molecule has 0 aliphatic carbocycles. The first-order valence-corrected chi connectivity index (χ1v) is 9.69. The molecular weight excluding hydrogens is 342 g/mol. The number of para-hydroxylation sites is 2. The average molecular weight is 376 g/mol. The lowest BCUT2D eigenvalue weighted by Gasteiger charge is -2.29. The SMILES string of the molecule is CC(C)(C)[C@H](NC(=O)Nc1ccccc1NCCN1CCCCC1)C(N)=O. The molecule has 1 heterocycles. The standard InChI is InChI=1S/C20H33N5O2/c1-20(2,3)17(18(21)26)24-19(27)23-16-10-6-5-9-15(16)22-11-14-25-12-7-4-8-13-25/h5-6,9-10,17,22H,4,7-8,11-14H2,1-3H3,(H2,21,26)(H2,23,24,27)/t17-/m1/s1. The van der Waals surface area contributed by atoms with Crippen LogP contribution in [0.3, 0.4) is 0 Å². The van der Waals surface area contributed by atoms with Crippen LogP contribution in [0.15, 0.2) is 24.3 Å². The van der Waals surface area contributed by atoms with Crippen LogP contribution in [0.25, 0.3) is 0 Å². The van der Waals surface area contributed by atoms with Crippen LogP contribution in [-0.4, -0.2) is 49.1 Å². The summed E-state index contributed by atoms with van der Waals surface area (Å²) in [6, 6.07) is 6.35. The van der Waals surface area contributed by atoms with Crippen LogP contribution in [0.1, 0.15) is 40.0 Å². The molecule has 3 amide bonds. The fourth-order valence-corrected chi connectivity index (χ4v) is 3.28. The van der Waals surface area contributed by atoms with Crippen molar-refractivity contribution in [2.75, 3.05) is 36.8 Å². The number of primary amides is 1. The Morgan fingerprint density at radius 3 is 2.33 bits per heavy atom. The van der Waals surface area contributed by atoms with E-state index in [4.69, 9.17) is 5.73 Å². The lowest BCUT2D eigenvalue weighted by atomic mass is 9.86. The smallest absolute Gasteiger partial charge is 0.319 e. The predicted octanol–water partition coefficient (Wildman–Crippen LogP) is 2.61. The maximum atomic E-state index is 12.4. The number of carbonyl (C=O) groups is 2. The van der Waals surface area contributed by atoms with Gasteiger partial charge < -0.3 is 26.6 Å². The zero-order valence-corrected chi connectivity index (χ0v) is 16.7. The van der Waals surface area contributed by atoms with E-state index in [0.29, 0.717) is 5.69 Å². The van der Waals surface area contributed by atoms with Gasteiger partial charge >= 0.3 is 6.03 Å². The lowest BCUT2D eigenvalue weighted by molar-refractivity contribution is -0.122. The van der Waals surface area contributed by atoms with Crippen molar-refractivity contribution < 1.29 is 9.59 Å². The highest BCUT2D eigenvalue weighted by molar-refractivity contribution is 5.96. The molecule has 27 heavy (non-hydrogen) atoms. The van der Waals surface area contributed by atoms with Gasteiger partial charge in [0.1, 0.15) is 6.04 Å². The number of hydrogen-bond acceptors (Lipinski definition) is 4. The van der Waals surface area contributed by atoms with Crippen molar-refractivity contribution in [2.24, 2.45) is 11.1 Å². The Morgan fingerprint density at radius 2 is 1.74 bits per heavy atom.